The van der Waals surface area contributed by atoms with Gasteiger partial charge in [-0.15, -0.1) is 0 Å². The van der Waals surface area contributed by atoms with Gasteiger partial charge in [0.15, 0.2) is 13.2 Å². The Balaban J connectivity index is 1.88. The van der Waals surface area contributed by atoms with Crippen LogP contribution in [0.3, 0.4) is 0 Å². The molecule has 4 aromatic carbocycles. The van der Waals surface area contributed by atoms with E-state index in [1.807, 2.05) is 0 Å². The van der Waals surface area contributed by atoms with E-state index in [2.05, 4.69) is 0 Å². The van der Waals surface area contributed by atoms with Crippen LogP contribution in [0.5, 0.6) is 23.0 Å². The number of phenolic OH excluding ortho intramolecular Hbond substituents is 2. The minimum Gasteiger partial charge on any atom is -0.507 e. The number of phenols is 2. The van der Waals surface area contributed by atoms with Gasteiger partial charge in [-0.25, -0.2) is 9.59 Å². The SMILES string of the molecule is CCOC(=O)COc1c2cc([N+](=O)[O-])cc1Cc1cc([N+](=O)[O-])cc(c1O)Cc1cc([N+](=O)[O-])cc(c1OCC(=O)OCC)Cc1cc([N+](=O)[O-])cc(c1O)C2. The van der Waals surface area contributed by atoms with E-state index in [1.165, 1.54) is 0 Å². The molecule has 0 atom stereocenters. The Bertz CT molecular complexity index is 2030. The first-order valence-electron chi connectivity index (χ1n) is 16.8. The van der Waals surface area contributed by atoms with Crippen LogP contribution in [0, 0.1) is 40.5 Å². The molecule has 20 heteroatoms. The summed E-state index contributed by atoms with van der Waals surface area (Å²) in [7, 11) is 0. The number of non-ortho nitro benzene ring substituents is 4. The third kappa shape index (κ3) is 8.86. The molecule has 0 saturated carbocycles. The second-order valence-corrected chi connectivity index (χ2v) is 12.3. The van der Waals surface area contributed by atoms with Crippen molar-refractivity contribution in [3.8, 4) is 23.0 Å². The third-order valence-corrected chi connectivity index (χ3v) is 8.61. The molecule has 4 aromatic rings. The van der Waals surface area contributed by atoms with E-state index in [-0.39, 0.29) is 69.2 Å². The zero-order valence-corrected chi connectivity index (χ0v) is 29.7. The summed E-state index contributed by atoms with van der Waals surface area (Å²) in [6, 6.07) is 8.24. The second-order valence-electron chi connectivity index (χ2n) is 12.3. The molecule has 292 valence electrons. The van der Waals surface area contributed by atoms with Crippen molar-refractivity contribution in [2.45, 2.75) is 39.5 Å². The fraction of sp³-hybridized carbons (Fsp3) is 0.278. The Morgan fingerprint density at radius 1 is 0.500 bits per heavy atom. The fourth-order valence-corrected chi connectivity index (χ4v) is 6.30. The number of carbonyl (C=O) groups is 2. The number of nitro groups is 4. The van der Waals surface area contributed by atoms with Crippen LogP contribution in [0.2, 0.25) is 0 Å². The van der Waals surface area contributed by atoms with E-state index in [0.717, 1.165) is 48.5 Å². The molecule has 0 amide bonds. The third-order valence-electron chi connectivity index (χ3n) is 8.61. The number of esters is 2. The number of hydrogen-bond donors (Lipinski definition) is 2. The second kappa shape index (κ2) is 16.7. The van der Waals surface area contributed by atoms with Gasteiger partial charge in [-0.1, -0.05) is 0 Å². The summed E-state index contributed by atoms with van der Waals surface area (Å²) in [5, 5.41) is 72.1. The molecule has 0 saturated heterocycles. The van der Waals surface area contributed by atoms with E-state index in [1.54, 1.807) is 13.8 Å². The minimum atomic E-state index is -0.831. The Morgan fingerprint density at radius 2 is 0.732 bits per heavy atom. The van der Waals surface area contributed by atoms with Crippen LogP contribution in [0.4, 0.5) is 22.7 Å². The van der Waals surface area contributed by atoms with Crippen molar-refractivity contribution in [3.05, 3.63) is 133 Å². The van der Waals surface area contributed by atoms with Crippen LogP contribution in [-0.4, -0.2) is 68.3 Å². The molecule has 20 nitrogen and oxygen atoms in total. The highest BCUT2D eigenvalue weighted by Crippen LogP contribution is 2.42. The summed E-state index contributed by atoms with van der Waals surface area (Å²) in [6.07, 6.45) is -1.98. The van der Waals surface area contributed by atoms with Crippen molar-refractivity contribution in [1.82, 2.24) is 0 Å². The molecule has 5 rings (SSSR count). The highest BCUT2D eigenvalue weighted by molar-refractivity contribution is 5.72. The Labute approximate surface area is 315 Å². The standard InChI is InChI=1S/C36H32N4O16/c1-3-53-31(41)17-55-35-23-5-19-9-27(37(45)46)11-21(33(19)43)7-25-15-30(40(51)52)16-26(36(25)56-18-32(42)54-4-2)8-22-12-28(38(47)48)10-20(34(22)44)6-24(35)14-29(13-23)39(49)50/h9-16,43-44H,3-8,17-18H2,1-2H3. The number of benzene rings is 4. The van der Waals surface area contributed by atoms with Crippen LogP contribution in [-0.2, 0) is 44.7 Å². The molecule has 2 N–H and O–H groups in total. The summed E-state index contributed by atoms with van der Waals surface area (Å²) >= 11 is 0. The van der Waals surface area contributed by atoms with Gasteiger partial charge in [0.2, 0.25) is 0 Å². The van der Waals surface area contributed by atoms with E-state index in [4.69, 9.17) is 18.9 Å². The van der Waals surface area contributed by atoms with Crippen molar-refractivity contribution < 1.29 is 58.4 Å². The van der Waals surface area contributed by atoms with Gasteiger partial charge in [-0.3, -0.25) is 40.5 Å². The number of nitro benzene ring substituents is 4. The smallest absolute Gasteiger partial charge is 0.344 e. The summed E-state index contributed by atoms with van der Waals surface area (Å²) in [5.74, 6) is -3.11. The normalized spacial score (nSPS) is 11.9. The van der Waals surface area contributed by atoms with Gasteiger partial charge >= 0.3 is 11.9 Å². The molecule has 0 unspecified atom stereocenters. The molecule has 1 aliphatic carbocycles. The first kappa shape index (κ1) is 39.8. The lowest BCUT2D eigenvalue weighted by Gasteiger charge is -2.20. The maximum atomic E-state index is 12.4. The maximum Gasteiger partial charge on any atom is 0.344 e. The largest absolute Gasteiger partial charge is 0.507 e. The lowest BCUT2D eigenvalue weighted by Crippen LogP contribution is -2.17. The van der Waals surface area contributed by atoms with Crippen LogP contribution >= 0.6 is 0 Å². The molecular weight excluding hydrogens is 744 g/mol. The quantitative estimate of drug-likeness (QED) is 0.0924. The molecule has 0 radical (unpaired) electrons. The van der Waals surface area contributed by atoms with Crippen molar-refractivity contribution in [2.24, 2.45) is 0 Å². The highest BCUT2D eigenvalue weighted by atomic mass is 16.6. The van der Waals surface area contributed by atoms with Gasteiger partial charge in [-0.05, 0) is 13.8 Å². The van der Waals surface area contributed by atoms with Crippen molar-refractivity contribution >= 4 is 34.7 Å². The monoisotopic (exact) mass is 776 g/mol. The van der Waals surface area contributed by atoms with Crippen LogP contribution in [0.1, 0.15) is 58.4 Å². The predicted octanol–water partition coefficient (Wildman–Crippen LogP) is 5.29. The molecule has 8 bridgehead atoms. The lowest BCUT2D eigenvalue weighted by molar-refractivity contribution is -0.385. The van der Waals surface area contributed by atoms with E-state index in [0.29, 0.717) is 0 Å². The molecule has 0 spiro atoms. The summed E-state index contributed by atoms with van der Waals surface area (Å²) in [5.41, 5.74) is -3.02. The number of fused-ring (bicyclic) bond motifs is 8. The van der Waals surface area contributed by atoms with Gasteiger partial charge < -0.3 is 29.2 Å². The number of nitrogens with zero attached hydrogens (tertiary/aromatic N) is 4. The molecule has 0 fully saturated rings. The van der Waals surface area contributed by atoms with E-state index in [9.17, 15) is 60.3 Å². The van der Waals surface area contributed by atoms with Gasteiger partial charge in [-0.2, -0.15) is 0 Å². The molecular formula is C36H32N4O16. The van der Waals surface area contributed by atoms with Crippen molar-refractivity contribution in [2.75, 3.05) is 26.4 Å². The van der Waals surface area contributed by atoms with Crippen molar-refractivity contribution in [1.29, 1.82) is 0 Å². The zero-order valence-electron chi connectivity index (χ0n) is 29.7. The number of aromatic hydroxyl groups is 2. The van der Waals surface area contributed by atoms with Gasteiger partial charge in [0.25, 0.3) is 22.7 Å². The lowest BCUT2D eigenvalue weighted by atomic mass is 9.90. The summed E-state index contributed by atoms with van der Waals surface area (Å²) < 4.78 is 21.6. The number of rotatable bonds is 12. The highest BCUT2D eigenvalue weighted by Gasteiger charge is 2.28. The van der Waals surface area contributed by atoms with Gasteiger partial charge in [0.05, 0.1) is 32.9 Å². The minimum absolute atomic E-state index is 0.0162. The number of hydrogen-bond acceptors (Lipinski definition) is 16. The summed E-state index contributed by atoms with van der Waals surface area (Å²) in [4.78, 5) is 70.6. The van der Waals surface area contributed by atoms with Crippen LogP contribution in [0.25, 0.3) is 0 Å². The van der Waals surface area contributed by atoms with Crippen molar-refractivity contribution in [3.63, 3.8) is 0 Å². The fourth-order valence-electron chi connectivity index (χ4n) is 6.30. The summed E-state index contributed by atoms with van der Waals surface area (Å²) in [6.45, 7) is 1.63. The Morgan fingerprint density at radius 3 is 0.946 bits per heavy atom. The topological polar surface area (TPSA) is 284 Å². The number of carbonyl (C=O) groups excluding carboxylic acids is 2. The first-order chi connectivity index (χ1) is 26.6. The zero-order chi connectivity index (χ0) is 40.8. The van der Waals surface area contributed by atoms with Gasteiger partial charge in [0.1, 0.15) is 23.0 Å². The van der Waals surface area contributed by atoms with Gasteiger partial charge in [0, 0.05) is 119 Å². The molecule has 0 aromatic heterocycles. The molecule has 1 aliphatic rings. The molecule has 56 heavy (non-hydrogen) atoms. The Hall–Kier alpha value is -7.38. The average molecular weight is 777 g/mol. The predicted molar refractivity (Wildman–Crippen MR) is 191 cm³/mol. The van der Waals surface area contributed by atoms with E-state index >= 15 is 0 Å². The average Bonchev–Trinajstić information content (AvgIpc) is 3.13. The maximum absolute atomic E-state index is 12.4. The van der Waals surface area contributed by atoms with Crippen LogP contribution < -0.4 is 9.47 Å². The van der Waals surface area contributed by atoms with Crippen LogP contribution in [0.15, 0.2) is 48.5 Å². The molecule has 0 heterocycles. The molecule has 0 aliphatic heterocycles. The Kier molecular flexibility index (Phi) is 11.9. The van der Waals surface area contributed by atoms with E-state index < -0.39 is 105 Å². The number of ether oxygens (including phenoxy) is 4. The first-order valence-corrected chi connectivity index (χ1v) is 16.8.